The minimum Gasteiger partial charge on any atom is -0.383 e. The maximum Gasteiger partial charge on any atom is 0.0637 e. The molecule has 0 amide bonds. The Morgan fingerprint density at radius 3 is 2.60 bits per heavy atom. The molecule has 0 aliphatic rings. The number of rotatable bonds is 7. The predicted molar refractivity (Wildman–Crippen MR) is 85.1 cm³/mol. The van der Waals surface area contributed by atoms with E-state index in [0.29, 0.717) is 0 Å². The first kappa shape index (κ1) is 14.8. The molecule has 1 aromatic heterocycles. The topological polar surface area (TPSA) is 28.2 Å². The highest BCUT2D eigenvalue weighted by molar-refractivity contribution is 6.33. The van der Waals surface area contributed by atoms with Gasteiger partial charge in [-0.25, -0.2) is 0 Å². The molecule has 106 valence electrons. The van der Waals surface area contributed by atoms with Gasteiger partial charge in [0.25, 0.3) is 0 Å². The van der Waals surface area contributed by atoms with Crippen molar-refractivity contribution in [1.29, 1.82) is 0 Å². The van der Waals surface area contributed by atoms with Crippen molar-refractivity contribution in [3.05, 3.63) is 59.4 Å². The Kier molecular flexibility index (Phi) is 5.84. The molecule has 0 saturated heterocycles. The van der Waals surface area contributed by atoms with Crippen LogP contribution in [0.15, 0.2) is 48.8 Å². The highest BCUT2D eigenvalue weighted by Gasteiger charge is 2.04. The van der Waals surface area contributed by atoms with Gasteiger partial charge in [-0.1, -0.05) is 30.7 Å². The van der Waals surface area contributed by atoms with Gasteiger partial charge in [0.2, 0.25) is 0 Å². The predicted octanol–water partition coefficient (Wildman–Crippen LogP) is 3.67. The molecule has 0 bridgehead atoms. The lowest BCUT2D eigenvalue weighted by atomic mass is 10.2. The van der Waals surface area contributed by atoms with E-state index in [1.54, 1.807) is 0 Å². The molecule has 1 N–H and O–H groups in total. The van der Waals surface area contributed by atoms with Crippen LogP contribution in [0.2, 0.25) is 5.02 Å². The van der Waals surface area contributed by atoms with Crippen LogP contribution >= 0.6 is 11.6 Å². The maximum absolute atomic E-state index is 6.12. The molecule has 0 aliphatic heterocycles. The summed E-state index contributed by atoms with van der Waals surface area (Å²) in [6.45, 7) is 6.00. The lowest BCUT2D eigenvalue weighted by Gasteiger charge is -2.21. The van der Waals surface area contributed by atoms with Gasteiger partial charge < -0.3 is 5.32 Å². The van der Waals surface area contributed by atoms with Crippen LogP contribution in [0, 0.1) is 0 Å². The molecule has 0 spiro atoms. The number of pyridine rings is 1. The van der Waals surface area contributed by atoms with Gasteiger partial charge in [0.05, 0.1) is 10.7 Å². The average Bonchev–Trinajstić information content (AvgIpc) is 2.49. The highest BCUT2D eigenvalue weighted by Crippen LogP contribution is 2.19. The van der Waals surface area contributed by atoms with Crippen molar-refractivity contribution in [2.24, 2.45) is 0 Å². The molecule has 3 nitrogen and oxygen atoms in total. The number of hydrogen-bond donors (Lipinski definition) is 1. The van der Waals surface area contributed by atoms with Gasteiger partial charge in [0.15, 0.2) is 0 Å². The van der Waals surface area contributed by atoms with Crippen LogP contribution in [-0.4, -0.2) is 29.5 Å². The summed E-state index contributed by atoms with van der Waals surface area (Å²) in [5.74, 6) is 0. The Morgan fingerprint density at radius 2 is 1.90 bits per heavy atom. The van der Waals surface area contributed by atoms with Crippen molar-refractivity contribution in [2.75, 3.05) is 25.0 Å². The number of halogens is 1. The van der Waals surface area contributed by atoms with Gasteiger partial charge in [-0.3, -0.25) is 9.88 Å². The largest absolute Gasteiger partial charge is 0.383 e. The molecular formula is C16H20ClN3. The fourth-order valence-corrected chi connectivity index (χ4v) is 2.25. The zero-order chi connectivity index (χ0) is 14.2. The fraction of sp³-hybridized carbons (Fsp3) is 0.312. The normalized spacial score (nSPS) is 10.8. The van der Waals surface area contributed by atoms with E-state index >= 15 is 0 Å². The van der Waals surface area contributed by atoms with Crippen molar-refractivity contribution in [3.63, 3.8) is 0 Å². The van der Waals surface area contributed by atoms with Gasteiger partial charge in [-0.05, 0) is 36.4 Å². The van der Waals surface area contributed by atoms with Gasteiger partial charge in [0, 0.05) is 32.0 Å². The van der Waals surface area contributed by atoms with Crippen LogP contribution in [-0.2, 0) is 6.54 Å². The summed E-state index contributed by atoms with van der Waals surface area (Å²) in [6, 6.07) is 12.0. The van der Waals surface area contributed by atoms with Crippen molar-refractivity contribution < 1.29 is 0 Å². The Bertz CT molecular complexity index is 516. The van der Waals surface area contributed by atoms with Crippen LogP contribution in [0.3, 0.4) is 0 Å². The van der Waals surface area contributed by atoms with Crippen molar-refractivity contribution in [1.82, 2.24) is 9.88 Å². The molecule has 0 atom stereocenters. The van der Waals surface area contributed by atoms with Crippen LogP contribution in [0.25, 0.3) is 0 Å². The Labute approximate surface area is 125 Å². The number of para-hydroxylation sites is 1. The van der Waals surface area contributed by atoms with Gasteiger partial charge in [-0.2, -0.15) is 0 Å². The van der Waals surface area contributed by atoms with Crippen LogP contribution in [0.5, 0.6) is 0 Å². The first-order chi connectivity index (χ1) is 9.79. The molecule has 4 heteroatoms. The number of benzene rings is 1. The van der Waals surface area contributed by atoms with Gasteiger partial charge in [0.1, 0.15) is 0 Å². The Morgan fingerprint density at radius 1 is 1.15 bits per heavy atom. The van der Waals surface area contributed by atoms with E-state index in [4.69, 9.17) is 11.6 Å². The summed E-state index contributed by atoms with van der Waals surface area (Å²) < 4.78 is 0. The first-order valence-corrected chi connectivity index (χ1v) is 7.27. The lowest BCUT2D eigenvalue weighted by molar-refractivity contribution is 0.291. The third kappa shape index (κ3) is 4.51. The number of hydrogen-bond acceptors (Lipinski definition) is 3. The van der Waals surface area contributed by atoms with E-state index in [9.17, 15) is 0 Å². The maximum atomic E-state index is 6.12. The number of anilines is 1. The minimum absolute atomic E-state index is 0.768. The zero-order valence-electron chi connectivity index (χ0n) is 11.7. The van der Waals surface area contributed by atoms with Crippen LogP contribution in [0.1, 0.15) is 12.5 Å². The number of aromatic nitrogens is 1. The summed E-state index contributed by atoms with van der Waals surface area (Å²) in [7, 11) is 0. The molecular weight excluding hydrogens is 270 g/mol. The second-order valence-corrected chi connectivity index (χ2v) is 5.04. The van der Waals surface area contributed by atoms with Crippen molar-refractivity contribution in [2.45, 2.75) is 13.5 Å². The minimum atomic E-state index is 0.768. The fourth-order valence-electron chi connectivity index (χ4n) is 2.05. The molecule has 0 radical (unpaired) electrons. The van der Waals surface area contributed by atoms with E-state index in [0.717, 1.165) is 36.9 Å². The molecule has 0 saturated carbocycles. The molecule has 0 fully saturated rings. The third-order valence-corrected chi connectivity index (χ3v) is 3.55. The second-order valence-electron chi connectivity index (χ2n) is 4.63. The summed E-state index contributed by atoms with van der Waals surface area (Å²) in [5.41, 5.74) is 2.29. The number of likely N-dealkylation sites (N-methyl/N-ethyl adjacent to an activating group) is 1. The van der Waals surface area contributed by atoms with Crippen molar-refractivity contribution >= 4 is 17.3 Å². The van der Waals surface area contributed by atoms with E-state index in [2.05, 4.69) is 34.3 Å². The third-order valence-electron chi connectivity index (χ3n) is 3.22. The molecule has 0 unspecified atom stereocenters. The summed E-state index contributed by atoms with van der Waals surface area (Å²) >= 11 is 6.12. The molecule has 1 heterocycles. The molecule has 0 aliphatic carbocycles. The van der Waals surface area contributed by atoms with E-state index in [1.165, 1.54) is 5.56 Å². The smallest absolute Gasteiger partial charge is 0.0637 e. The van der Waals surface area contributed by atoms with E-state index in [-0.39, 0.29) is 0 Å². The second kappa shape index (κ2) is 7.88. The molecule has 2 rings (SSSR count). The molecule has 1 aromatic carbocycles. The Hall–Kier alpha value is -1.58. The first-order valence-electron chi connectivity index (χ1n) is 6.89. The quantitative estimate of drug-likeness (QED) is 0.843. The summed E-state index contributed by atoms with van der Waals surface area (Å²) in [5, 5.41) is 4.15. The number of nitrogens with zero attached hydrogens (tertiary/aromatic N) is 2. The number of nitrogens with one attached hydrogen (secondary N) is 1. The Balaban J connectivity index is 1.81. The van der Waals surface area contributed by atoms with E-state index < -0.39 is 0 Å². The van der Waals surface area contributed by atoms with Crippen LogP contribution in [0.4, 0.5) is 5.69 Å². The van der Waals surface area contributed by atoms with E-state index in [1.807, 2.05) is 36.7 Å². The zero-order valence-corrected chi connectivity index (χ0v) is 12.5. The van der Waals surface area contributed by atoms with Gasteiger partial charge in [-0.15, -0.1) is 0 Å². The molecule has 2 aromatic rings. The summed E-state index contributed by atoms with van der Waals surface area (Å²) in [6.07, 6.45) is 3.68. The van der Waals surface area contributed by atoms with Crippen LogP contribution < -0.4 is 5.32 Å². The monoisotopic (exact) mass is 289 g/mol. The average molecular weight is 290 g/mol. The SMILES string of the molecule is CCN(CCNc1ccccc1Cl)Cc1ccncc1. The molecule has 20 heavy (non-hydrogen) atoms. The summed E-state index contributed by atoms with van der Waals surface area (Å²) in [4.78, 5) is 6.43. The lowest BCUT2D eigenvalue weighted by Crippen LogP contribution is -2.28. The van der Waals surface area contributed by atoms with Gasteiger partial charge >= 0.3 is 0 Å². The van der Waals surface area contributed by atoms with Crippen molar-refractivity contribution in [3.8, 4) is 0 Å². The highest BCUT2D eigenvalue weighted by atomic mass is 35.5. The standard InChI is InChI=1S/C16H20ClN3/c1-2-20(13-14-7-9-18-10-8-14)12-11-19-16-6-4-3-5-15(16)17/h3-10,19H,2,11-13H2,1H3.